The molecule has 0 spiro atoms. The number of hydrogen-bond acceptors (Lipinski definition) is 4. The van der Waals surface area contributed by atoms with Gasteiger partial charge in [0.05, 0.1) is 5.84 Å². The predicted molar refractivity (Wildman–Crippen MR) is 64.3 cm³/mol. The number of aliphatic hydroxyl groups is 1. The normalized spacial score (nSPS) is 15.3. The molecule has 0 aromatic heterocycles. The van der Waals surface area contributed by atoms with Crippen LogP contribution >= 0.6 is 15.2 Å². The van der Waals surface area contributed by atoms with Crippen LogP contribution in [0.4, 0.5) is 0 Å². The SMILES string of the molecule is CCC(=N)NC(C)CC(O)(P(=O)(O)O)P(=O)(O)O. The Balaban J connectivity index is 5.13. The molecule has 0 heterocycles. The molecule has 0 saturated carbocycles. The molecule has 0 aliphatic rings. The van der Waals surface area contributed by atoms with Crippen LogP contribution in [0.2, 0.25) is 0 Å². The van der Waals surface area contributed by atoms with Crippen LogP contribution in [0.1, 0.15) is 26.7 Å². The van der Waals surface area contributed by atoms with Crippen molar-refractivity contribution in [2.24, 2.45) is 0 Å². The van der Waals surface area contributed by atoms with E-state index in [1.807, 2.05) is 0 Å². The quantitative estimate of drug-likeness (QED) is 0.200. The van der Waals surface area contributed by atoms with Gasteiger partial charge in [0, 0.05) is 18.9 Å². The van der Waals surface area contributed by atoms with Crippen molar-refractivity contribution in [3.05, 3.63) is 0 Å². The smallest absolute Gasteiger partial charge is 0.369 e. The van der Waals surface area contributed by atoms with E-state index in [2.05, 4.69) is 5.32 Å². The lowest BCUT2D eigenvalue weighted by Crippen LogP contribution is -2.40. The second kappa shape index (κ2) is 5.79. The summed E-state index contributed by atoms with van der Waals surface area (Å²) in [5.74, 6) is 0.0290. The predicted octanol–water partition coefficient (Wildman–Crippen LogP) is -0.257. The third-order valence-corrected chi connectivity index (χ3v) is 6.08. The standard InChI is InChI=1S/C7H18N2O7P2/c1-3-6(8)9-5(2)4-7(10,17(11,12)13)18(14,15)16/h5,10H,3-4H2,1-2H3,(H2,8,9)(H2,11,12,13)(H2,14,15,16). The molecule has 9 nitrogen and oxygen atoms in total. The molecule has 0 fully saturated rings. The van der Waals surface area contributed by atoms with Crippen molar-refractivity contribution >= 4 is 21.0 Å². The topological polar surface area (TPSA) is 171 Å². The molecule has 0 aromatic rings. The van der Waals surface area contributed by atoms with E-state index in [0.29, 0.717) is 6.42 Å². The summed E-state index contributed by atoms with van der Waals surface area (Å²) < 4.78 is 22.1. The maximum Gasteiger partial charge on any atom is 0.369 e. The second-order valence-corrected chi connectivity index (χ2v) is 7.95. The molecule has 0 rings (SSSR count). The minimum Gasteiger partial charge on any atom is -0.371 e. The largest absolute Gasteiger partial charge is 0.371 e. The van der Waals surface area contributed by atoms with Gasteiger partial charge in [0.25, 0.3) is 5.08 Å². The van der Waals surface area contributed by atoms with Crippen molar-refractivity contribution in [3.8, 4) is 0 Å². The molecule has 1 unspecified atom stereocenters. The number of nitrogens with one attached hydrogen (secondary N) is 2. The van der Waals surface area contributed by atoms with Crippen LogP contribution in [0.3, 0.4) is 0 Å². The highest BCUT2D eigenvalue weighted by Crippen LogP contribution is 2.69. The lowest BCUT2D eigenvalue weighted by Gasteiger charge is -2.31. The number of rotatable bonds is 6. The van der Waals surface area contributed by atoms with Gasteiger partial charge in [-0.3, -0.25) is 14.5 Å². The minimum absolute atomic E-state index is 0.0290. The summed E-state index contributed by atoms with van der Waals surface area (Å²) >= 11 is 0. The van der Waals surface area contributed by atoms with Crippen molar-refractivity contribution in [1.29, 1.82) is 5.41 Å². The van der Waals surface area contributed by atoms with E-state index in [9.17, 15) is 14.2 Å². The molecule has 0 aromatic carbocycles. The fraction of sp³-hybridized carbons (Fsp3) is 0.857. The van der Waals surface area contributed by atoms with Gasteiger partial charge >= 0.3 is 15.2 Å². The molecule has 11 heteroatoms. The van der Waals surface area contributed by atoms with E-state index in [1.54, 1.807) is 6.92 Å². The zero-order valence-electron chi connectivity index (χ0n) is 9.94. The van der Waals surface area contributed by atoms with Crippen LogP contribution in [0.15, 0.2) is 0 Å². The fourth-order valence-electron chi connectivity index (χ4n) is 1.27. The van der Waals surface area contributed by atoms with Gasteiger partial charge in [-0.15, -0.1) is 0 Å². The fourth-order valence-corrected chi connectivity index (χ4v) is 3.65. The molecule has 0 radical (unpaired) electrons. The number of amidine groups is 1. The van der Waals surface area contributed by atoms with Crippen molar-refractivity contribution in [2.45, 2.75) is 37.8 Å². The molecule has 7 N–H and O–H groups in total. The Kier molecular flexibility index (Phi) is 5.71. The highest BCUT2D eigenvalue weighted by Gasteiger charge is 2.59. The number of hydrogen-bond donors (Lipinski definition) is 7. The summed E-state index contributed by atoms with van der Waals surface area (Å²) in [5.41, 5.74) is 0. The van der Waals surface area contributed by atoms with Crippen LogP contribution in [-0.2, 0) is 9.13 Å². The van der Waals surface area contributed by atoms with E-state index < -0.39 is 32.7 Å². The van der Waals surface area contributed by atoms with E-state index in [4.69, 9.17) is 25.0 Å². The summed E-state index contributed by atoms with van der Waals surface area (Å²) in [4.78, 5) is 35.6. The second-order valence-electron chi connectivity index (χ2n) is 3.94. The Bertz CT molecular complexity index is 379. The zero-order valence-corrected chi connectivity index (χ0v) is 11.7. The van der Waals surface area contributed by atoms with E-state index in [1.165, 1.54) is 6.92 Å². The maximum absolute atomic E-state index is 11.1. The Morgan fingerprint density at radius 3 is 1.94 bits per heavy atom. The third-order valence-electron chi connectivity index (χ3n) is 2.29. The van der Waals surface area contributed by atoms with Gasteiger partial charge in [-0.1, -0.05) is 6.92 Å². The summed E-state index contributed by atoms with van der Waals surface area (Å²) in [6.45, 7) is 3.00. The van der Waals surface area contributed by atoms with Gasteiger partial charge in [-0.2, -0.15) is 0 Å². The first-order valence-electron chi connectivity index (χ1n) is 5.02. The van der Waals surface area contributed by atoms with Crippen LogP contribution in [0.5, 0.6) is 0 Å². The van der Waals surface area contributed by atoms with Crippen molar-refractivity contribution < 1.29 is 33.8 Å². The third kappa shape index (κ3) is 4.13. The monoisotopic (exact) mass is 304 g/mol. The van der Waals surface area contributed by atoms with Gasteiger partial charge in [0.15, 0.2) is 0 Å². The molecular formula is C7H18N2O7P2. The summed E-state index contributed by atoms with van der Waals surface area (Å²) in [6, 6.07) is -0.886. The van der Waals surface area contributed by atoms with Gasteiger partial charge in [-0.25, -0.2) is 0 Å². The lowest BCUT2D eigenvalue weighted by molar-refractivity contribution is 0.116. The Morgan fingerprint density at radius 1 is 1.28 bits per heavy atom. The molecule has 0 aliphatic carbocycles. The Labute approximate surface area is 104 Å². The first kappa shape index (κ1) is 17.7. The molecular weight excluding hydrogens is 286 g/mol. The maximum atomic E-state index is 11.1. The van der Waals surface area contributed by atoms with Gasteiger partial charge in [-0.05, 0) is 6.92 Å². The zero-order chi connectivity index (χ0) is 14.8. The van der Waals surface area contributed by atoms with Crippen LogP contribution in [-0.4, -0.2) is 41.6 Å². The lowest BCUT2D eigenvalue weighted by atomic mass is 10.2. The summed E-state index contributed by atoms with van der Waals surface area (Å²) in [6.07, 6.45) is -0.571. The molecule has 0 aliphatic heterocycles. The molecule has 0 saturated heterocycles. The van der Waals surface area contributed by atoms with Gasteiger partial charge in [0.2, 0.25) is 0 Å². The van der Waals surface area contributed by atoms with Gasteiger partial charge < -0.3 is 30.0 Å². The Morgan fingerprint density at radius 2 is 1.67 bits per heavy atom. The molecule has 0 bridgehead atoms. The molecule has 18 heavy (non-hydrogen) atoms. The van der Waals surface area contributed by atoms with E-state index >= 15 is 0 Å². The minimum atomic E-state index is -5.43. The van der Waals surface area contributed by atoms with E-state index in [-0.39, 0.29) is 5.84 Å². The summed E-state index contributed by atoms with van der Waals surface area (Å²) in [7, 11) is -10.9. The summed E-state index contributed by atoms with van der Waals surface area (Å²) in [5, 5.41) is 15.9. The first-order chi connectivity index (χ1) is 7.85. The van der Waals surface area contributed by atoms with Crippen molar-refractivity contribution in [3.63, 3.8) is 0 Å². The molecule has 108 valence electrons. The Hall–Kier alpha value is -0.270. The van der Waals surface area contributed by atoms with E-state index in [0.717, 1.165) is 0 Å². The van der Waals surface area contributed by atoms with Crippen molar-refractivity contribution in [1.82, 2.24) is 5.32 Å². The van der Waals surface area contributed by atoms with Crippen LogP contribution in [0.25, 0.3) is 0 Å². The van der Waals surface area contributed by atoms with Crippen molar-refractivity contribution in [2.75, 3.05) is 0 Å². The first-order valence-corrected chi connectivity index (χ1v) is 8.25. The van der Waals surface area contributed by atoms with Gasteiger partial charge in [0.1, 0.15) is 0 Å². The highest BCUT2D eigenvalue weighted by molar-refractivity contribution is 7.72. The molecule has 1 atom stereocenters. The van der Waals surface area contributed by atoms with Crippen LogP contribution in [0, 0.1) is 5.41 Å². The molecule has 0 amide bonds. The van der Waals surface area contributed by atoms with Crippen LogP contribution < -0.4 is 5.32 Å². The average molecular weight is 304 g/mol. The average Bonchev–Trinajstić information content (AvgIpc) is 2.13. The highest BCUT2D eigenvalue weighted by atomic mass is 31.2.